The number of hydrogen-bond donors (Lipinski definition) is 0. The summed E-state index contributed by atoms with van der Waals surface area (Å²) in [5, 5.41) is 0. The van der Waals surface area contributed by atoms with Gasteiger partial charge in [-0.2, -0.15) is 0 Å². The van der Waals surface area contributed by atoms with Gasteiger partial charge < -0.3 is 18.9 Å². The number of esters is 1. The van der Waals surface area contributed by atoms with Crippen LogP contribution in [0.25, 0.3) is 6.08 Å². The number of hydrogen-bond acceptors (Lipinski definition) is 6. The zero-order chi connectivity index (χ0) is 22.0. The number of ether oxygens (including phenoxy) is 4. The van der Waals surface area contributed by atoms with Crippen LogP contribution in [0.3, 0.4) is 0 Å². The van der Waals surface area contributed by atoms with Crippen LogP contribution >= 0.6 is 0 Å². The van der Waals surface area contributed by atoms with E-state index in [1.165, 1.54) is 26.4 Å². The maximum Gasteiger partial charge on any atom is 0.343 e. The van der Waals surface area contributed by atoms with Crippen LogP contribution in [-0.4, -0.2) is 26.0 Å². The first-order valence-corrected chi connectivity index (χ1v) is 9.58. The second-order valence-electron chi connectivity index (χ2n) is 6.91. The molecule has 6 heteroatoms. The van der Waals surface area contributed by atoms with Crippen LogP contribution in [0, 0.1) is 6.92 Å². The maximum absolute atomic E-state index is 12.7. The molecule has 0 aromatic heterocycles. The van der Waals surface area contributed by atoms with Crippen molar-refractivity contribution in [2.24, 2.45) is 0 Å². The van der Waals surface area contributed by atoms with Gasteiger partial charge in [0.15, 0.2) is 17.3 Å². The number of benzene rings is 3. The highest BCUT2D eigenvalue weighted by Gasteiger charge is 2.28. The Morgan fingerprint density at radius 1 is 0.935 bits per heavy atom. The summed E-state index contributed by atoms with van der Waals surface area (Å²) >= 11 is 0. The van der Waals surface area contributed by atoms with E-state index >= 15 is 0 Å². The van der Waals surface area contributed by atoms with Crippen LogP contribution in [0.5, 0.6) is 23.0 Å². The topological polar surface area (TPSA) is 71.1 Å². The molecule has 1 heterocycles. The van der Waals surface area contributed by atoms with Crippen LogP contribution < -0.4 is 18.9 Å². The molecule has 0 saturated carbocycles. The number of methoxy groups -OCH3 is 2. The van der Waals surface area contributed by atoms with Crippen molar-refractivity contribution in [3.05, 3.63) is 88.7 Å². The molecule has 0 radical (unpaired) electrons. The molecular weight excluding hydrogens is 396 g/mol. The van der Waals surface area contributed by atoms with Crippen molar-refractivity contribution in [2.75, 3.05) is 14.2 Å². The van der Waals surface area contributed by atoms with Crippen LogP contribution in [0.4, 0.5) is 0 Å². The lowest BCUT2D eigenvalue weighted by atomic mass is 10.1. The second-order valence-corrected chi connectivity index (χ2v) is 6.91. The Morgan fingerprint density at radius 3 is 2.45 bits per heavy atom. The van der Waals surface area contributed by atoms with Crippen LogP contribution in [-0.2, 0) is 0 Å². The van der Waals surface area contributed by atoms with Crippen molar-refractivity contribution in [1.29, 1.82) is 0 Å². The molecule has 1 aliphatic heterocycles. The zero-order valence-electron chi connectivity index (χ0n) is 17.3. The molecule has 1 aliphatic rings. The Labute approximate surface area is 179 Å². The Balaban J connectivity index is 1.55. The average Bonchev–Trinajstić information content (AvgIpc) is 3.09. The van der Waals surface area contributed by atoms with Gasteiger partial charge in [0.2, 0.25) is 5.78 Å². The molecule has 31 heavy (non-hydrogen) atoms. The molecule has 0 atom stereocenters. The lowest BCUT2D eigenvalue weighted by molar-refractivity contribution is 0.0734. The largest absolute Gasteiger partial charge is 0.493 e. The molecule has 156 valence electrons. The van der Waals surface area contributed by atoms with Crippen molar-refractivity contribution < 1.29 is 28.5 Å². The van der Waals surface area contributed by atoms with Crippen LogP contribution in [0.15, 0.2) is 66.4 Å². The number of Topliss-reactive ketones (excluding diaryl/α,β-unsaturated/α-hetero) is 1. The molecule has 0 N–H and O–H groups in total. The summed E-state index contributed by atoms with van der Waals surface area (Å²) in [6.07, 6.45) is 1.72. The van der Waals surface area contributed by atoms with Crippen molar-refractivity contribution in [3.63, 3.8) is 0 Å². The van der Waals surface area contributed by atoms with E-state index in [2.05, 4.69) is 0 Å². The second kappa shape index (κ2) is 8.36. The third-order valence-electron chi connectivity index (χ3n) is 4.95. The molecule has 0 unspecified atom stereocenters. The van der Waals surface area contributed by atoms with Crippen LogP contribution in [0.1, 0.15) is 31.8 Å². The Bertz CT molecular complexity index is 1210. The standard InChI is InChI=1S/C25H20O6/c1-15-6-4-5-7-16(15)12-23-24(26)19-10-9-18(14-21(19)31-23)30-25(27)17-8-11-20(28-2)22(13-17)29-3/h4-14H,1-3H3/b23-12+. The van der Waals surface area contributed by atoms with Gasteiger partial charge in [0.25, 0.3) is 0 Å². The maximum atomic E-state index is 12.7. The van der Waals surface area contributed by atoms with Gasteiger partial charge in [-0.25, -0.2) is 4.79 Å². The van der Waals surface area contributed by atoms with Crippen LogP contribution in [0.2, 0.25) is 0 Å². The van der Waals surface area contributed by atoms with Crippen molar-refractivity contribution >= 4 is 17.8 Å². The average molecular weight is 416 g/mol. The zero-order valence-corrected chi connectivity index (χ0v) is 17.3. The fraction of sp³-hybridized carbons (Fsp3) is 0.120. The quantitative estimate of drug-likeness (QED) is 0.336. The number of aryl methyl sites for hydroxylation is 1. The Morgan fingerprint density at radius 2 is 1.71 bits per heavy atom. The first kappa shape index (κ1) is 20.2. The van der Waals surface area contributed by atoms with E-state index < -0.39 is 5.97 Å². The summed E-state index contributed by atoms with van der Waals surface area (Å²) in [5.74, 6) is 0.998. The van der Waals surface area contributed by atoms with E-state index in [0.29, 0.717) is 28.4 Å². The summed E-state index contributed by atoms with van der Waals surface area (Å²) in [7, 11) is 3.01. The minimum absolute atomic E-state index is 0.212. The number of ketones is 1. The molecule has 0 bridgehead atoms. The molecular formula is C25H20O6. The third-order valence-corrected chi connectivity index (χ3v) is 4.95. The van der Waals surface area contributed by atoms with Gasteiger partial charge in [0, 0.05) is 6.07 Å². The molecule has 0 spiro atoms. The fourth-order valence-corrected chi connectivity index (χ4v) is 3.25. The smallest absolute Gasteiger partial charge is 0.343 e. The summed E-state index contributed by atoms with van der Waals surface area (Å²) in [6, 6.07) is 17.1. The lowest BCUT2D eigenvalue weighted by Gasteiger charge is -2.10. The van der Waals surface area contributed by atoms with Gasteiger partial charge in [-0.05, 0) is 54.5 Å². The monoisotopic (exact) mass is 416 g/mol. The first-order valence-electron chi connectivity index (χ1n) is 9.58. The lowest BCUT2D eigenvalue weighted by Crippen LogP contribution is -2.09. The summed E-state index contributed by atoms with van der Waals surface area (Å²) < 4.78 is 21.6. The Kier molecular flexibility index (Phi) is 5.45. The summed E-state index contributed by atoms with van der Waals surface area (Å²) in [4.78, 5) is 25.2. The molecule has 6 nitrogen and oxygen atoms in total. The van der Waals surface area contributed by atoms with Gasteiger partial charge in [-0.3, -0.25) is 4.79 Å². The fourth-order valence-electron chi connectivity index (χ4n) is 3.25. The molecule has 0 saturated heterocycles. The van der Waals surface area contributed by atoms with Gasteiger partial charge in [-0.15, -0.1) is 0 Å². The number of allylic oxidation sites excluding steroid dienone is 1. The minimum atomic E-state index is -0.569. The summed E-state index contributed by atoms with van der Waals surface area (Å²) in [5.41, 5.74) is 2.66. The predicted molar refractivity (Wildman–Crippen MR) is 115 cm³/mol. The first-order chi connectivity index (χ1) is 15.0. The van der Waals surface area contributed by atoms with E-state index in [1.54, 1.807) is 30.3 Å². The van der Waals surface area contributed by atoms with Gasteiger partial charge in [0.05, 0.1) is 25.3 Å². The normalized spacial score (nSPS) is 13.5. The molecule has 3 aromatic rings. The third kappa shape index (κ3) is 4.00. The number of fused-ring (bicyclic) bond motifs is 1. The molecule has 3 aromatic carbocycles. The SMILES string of the molecule is COc1ccc(C(=O)Oc2ccc3c(c2)O/C(=C/c2ccccc2C)C3=O)cc1OC. The number of carbonyl (C=O) groups is 2. The Hall–Kier alpha value is -4.06. The van der Waals surface area contributed by atoms with Crippen molar-refractivity contribution in [2.45, 2.75) is 6.92 Å². The van der Waals surface area contributed by atoms with E-state index in [4.69, 9.17) is 18.9 Å². The number of rotatable bonds is 5. The van der Waals surface area contributed by atoms with Gasteiger partial charge >= 0.3 is 5.97 Å². The van der Waals surface area contributed by atoms with E-state index in [0.717, 1.165) is 11.1 Å². The van der Waals surface area contributed by atoms with Crippen molar-refractivity contribution in [1.82, 2.24) is 0 Å². The van der Waals surface area contributed by atoms with Crippen molar-refractivity contribution in [3.8, 4) is 23.0 Å². The van der Waals surface area contributed by atoms with Gasteiger partial charge in [0.1, 0.15) is 11.5 Å². The van der Waals surface area contributed by atoms with Gasteiger partial charge in [-0.1, -0.05) is 24.3 Å². The van der Waals surface area contributed by atoms with E-state index in [1.807, 2.05) is 31.2 Å². The highest BCUT2D eigenvalue weighted by atomic mass is 16.5. The molecule has 0 amide bonds. The predicted octanol–water partition coefficient (Wildman–Crippen LogP) is 4.85. The highest BCUT2D eigenvalue weighted by Crippen LogP contribution is 2.35. The molecule has 0 fully saturated rings. The minimum Gasteiger partial charge on any atom is -0.493 e. The highest BCUT2D eigenvalue weighted by molar-refractivity contribution is 6.14. The molecule has 4 rings (SSSR count). The number of carbonyl (C=O) groups excluding carboxylic acids is 2. The summed E-state index contributed by atoms with van der Waals surface area (Å²) in [6.45, 7) is 1.96. The van der Waals surface area contributed by atoms with E-state index in [-0.39, 0.29) is 17.3 Å². The van der Waals surface area contributed by atoms with E-state index in [9.17, 15) is 9.59 Å². The molecule has 0 aliphatic carbocycles.